The summed E-state index contributed by atoms with van der Waals surface area (Å²) in [5.74, 6) is 0.0824. The molecular formula is C18H26N2O2. The van der Waals surface area contributed by atoms with Crippen LogP contribution in [0.25, 0.3) is 0 Å². The van der Waals surface area contributed by atoms with Gasteiger partial charge in [0.25, 0.3) is 5.91 Å². The van der Waals surface area contributed by atoms with Crippen molar-refractivity contribution in [3.05, 3.63) is 33.9 Å². The summed E-state index contributed by atoms with van der Waals surface area (Å²) in [5.41, 5.74) is 5.07. The van der Waals surface area contributed by atoms with Gasteiger partial charge < -0.3 is 10.2 Å². The summed E-state index contributed by atoms with van der Waals surface area (Å²) >= 11 is 0. The van der Waals surface area contributed by atoms with Crippen LogP contribution < -0.4 is 5.32 Å². The lowest BCUT2D eigenvalue weighted by atomic mass is 9.93. The fraction of sp³-hybridized carbons (Fsp3) is 0.556. The van der Waals surface area contributed by atoms with Crippen molar-refractivity contribution in [2.75, 3.05) is 13.1 Å². The molecular weight excluding hydrogens is 276 g/mol. The van der Waals surface area contributed by atoms with Gasteiger partial charge in [-0.15, -0.1) is 0 Å². The molecule has 1 aromatic carbocycles. The van der Waals surface area contributed by atoms with Gasteiger partial charge in [-0.3, -0.25) is 9.59 Å². The van der Waals surface area contributed by atoms with Crippen molar-refractivity contribution in [3.8, 4) is 0 Å². The van der Waals surface area contributed by atoms with Crippen molar-refractivity contribution in [3.63, 3.8) is 0 Å². The largest absolute Gasteiger partial charge is 0.347 e. The van der Waals surface area contributed by atoms with Crippen LogP contribution in [0.3, 0.4) is 0 Å². The SMILES string of the molecule is CCCN1CC(NC(=O)c2c(C)c(C)cc(C)c2C)CC1=O. The second kappa shape index (κ2) is 6.51. The number of hydrogen-bond acceptors (Lipinski definition) is 2. The first-order valence-electron chi connectivity index (χ1n) is 8.01. The molecule has 0 spiro atoms. The Morgan fingerprint density at radius 1 is 1.23 bits per heavy atom. The minimum Gasteiger partial charge on any atom is -0.347 e. The van der Waals surface area contributed by atoms with Gasteiger partial charge in [-0.05, 0) is 56.4 Å². The van der Waals surface area contributed by atoms with Crippen LogP contribution in [-0.2, 0) is 4.79 Å². The highest BCUT2D eigenvalue weighted by molar-refractivity contribution is 5.98. The van der Waals surface area contributed by atoms with Gasteiger partial charge in [0, 0.05) is 25.1 Å². The van der Waals surface area contributed by atoms with E-state index in [2.05, 4.69) is 18.3 Å². The topological polar surface area (TPSA) is 49.4 Å². The Kier molecular flexibility index (Phi) is 4.89. The molecule has 22 heavy (non-hydrogen) atoms. The Morgan fingerprint density at radius 2 is 1.82 bits per heavy atom. The molecule has 4 heteroatoms. The van der Waals surface area contributed by atoms with Gasteiger partial charge in [0.2, 0.25) is 5.91 Å². The second-order valence-electron chi connectivity index (χ2n) is 6.35. The third-order valence-corrected chi connectivity index (χ3v) is 4.64. The number of carbonyl (C=O) groups excluding carboxylic acids is 2. The van der Waals surface area contributed by atoms with Crippen LogP contribution in [0.5, 0.6) is 0 Å². The number of nitrogens with zero attached hydrogens (tertiary/aromatic N) is 1. The molecule has 1 unspecified atom stereocenters. The minimum absolute atomic E-state index is 0.0575. The predicted octanol–water partition coefficient (Wildman–Crippen LogP) is 2.66. The number of amides is 2. The predicted molar refractivity (Wildman–Crippen MR) is 88.1 cm³/mol. The van der Waals surface area contributed by atoms with E-state index < -0.39 is 0 Å². The first kappa shape index (κ1) is 16.5. The van der Waals surface area contributed by atoms with E-state index in [9.17, 15) is 9.59 Å². The number of aryl methyl sites for hydroxylation is 2. The van der Waals surface area contributed by atoms with Gasteiger partial charge in [0.1, 0.15) is 0 Å². The number of benzene rings is 1. The van der Waals surface area contributed by atoms with E-state index in [4.69, 9.17) is 0 Å². The molecule has 1 atom stereocenters. The van der Waals surface area contributed by atoms with Crippen LogP contribution in [0.15, 0.2) is 6.07 Å². The number of rotatable bonds is 4. The van der Waals surface area contributed by atoms with E-state index in [-0.39, 0.29) is 17.9 Å². The van der Waals surface area contributed by atoms with Crippen molar-refractivity contribution in [1.82, 2.24) is 10.2 Å². The lowest BCUT2D eigenvalue weighted by molar-refractivity contribution is -0.127. The Balaban J connectivity index is 2.16. The van der Waals surface area contributed by atoms with Crippen LogP contribution in [0, 0.1) is 27.7 Å². The molecule has 0 radical (unpaired) electrons. The molecule has 1 aliphatic rings. The Hall–Kier alpha value is -1.84. The molecule has 0 aliphatic carbocycles. The van der Waals surface area contributed by atoms with Crippen molar-refractivity contribution in [2.24, 2.45) is 0 Å². The maximum absolute atomic E-state index is 12.7. The van der Waals surface area contributed by atoms with E-state index in [0.29, 0.717) is 13.0 Å². The molecule has 1 N–H and O–H groups in total. The van der Waals surface area contributed by atoms with Gasteiger partial charge in [-0.2, -0.15) is 0 Å². The summed E-state index contributed by atoms with van der Waals surface area (Å²) < 4.78 is 0. The van der Waals surface area contributed by atoms with Gasteiger partial charge in [-0.1, -0.05) is 13.0 Å². The standard InChI is InChI=1S/C18H26N2O2/c1-6-7-20-10-15(9-16(20)21)19-18(22)17-13(4)11(2)8-12(3)14(17)5/h8,15H,6-7,9-10H2,1-5H3,(H,19,22). The lowest BCUT2D eigenvalue weighted by Crippen LogP contribution is -2.38. The van der Waals surface area contributed by atoms with E-state index in [1.165, 1.54) is 0 Å². The molecule has 1 fully saturated rings. The molecule has 1 aliphatic heterocycles. The first-order valence-corrected chi connectivity index (χ1v) is 8.01. The number of nitrogens with one attached hydrogen (secondary N) is 1. The van der Waals surface area contributed by atoms with Gasteiger partial charge >= 0.3 is 0 Å². The third-order valence-electron chi connectivity index (χ3n) is 4.64. The van der Waals surface area contributed by atoms with E-state index in [1.54, 1.807) is 0 Å². The molecule has 1 aromatic rings. The van der Waals surface area contributed by atoms with E-state index in [0.717, 1.165) is 40.8 Å². The second-order valence-corrected chi connectivity index (χ2v) is 6.35. The molecule has 4 nitrogen and oxygen atoms in total. The molecule has 1 saturated heterocycles. The van der Waals surface area contributed by atoms with Crippen molar-refractivity contribution in [1.29, 1.82) is 0 Å². The van der Waals surface area contributed by atoms with Crippen LogP contribution in [0.2, 0.25) is 0 Å². The summed E-state index contributed by atoms with van der Waals surface area (Å²) in [6.45, 7) is 11.5. The van der Waals surface area contributed by atoms with Crippen LogP contribution >= 0.6 is 0 Å². The van der Waals surface area contributed by atoms with E-state index >= 15 is 0 Å². The average Bonchev–Trinajstić information content (AvgIpc) is 2.77. The molecule has 2 amide bonds. The monoisotopic (exact) mass is 302 g/mol. The zero-order valence-corrected chi connectivity index (χ0v) is 14.2. The van der Waals surface area contributed by atoms with Crippen LogP contribution in [0.4, 0.5) is 0 Å². The lowest BCUT2D eigenvalue weighted by Gasteiger charge is -2.18. The van der Waals surface area contributed by atoms with E-state index in [1.807, 2.05) is 32.6 Å². The fourth-order valence-corrected chi connectivity index (χ4v) is 3.17. The Morgan fingerprint density at radius 3 is 2.36 bits per heavy atom. The number of hydrogen-bond donors (Lipinski definition) is 1. The molecule has 1 heterocycles. The third kappa shape index (κ3) is 3.16. The van der Waals surface area contributed by atoms with Crippen LogP contribution in [0.1, 0.15) is 52.4 Å². The van der Waals surface area contributed by atoms with Crippen LogP contribution in [-0.4, -0.2) is 35.8 Å². The molecule has 0 aromatic heterocycles. The number of likely N-dealkylation sites (tertiary alicyclic amines) is 1. The quantitative estimate of drug-likeness (QED) is 0.929. The zero-order valence-electron chi connectivity index (χ0n) is 14.2. The fourth-order valence-electron chi connectivity index (χ4n) is 3.17. The van der Waals surface area contributed by atoms with Crippen molar-refractivity contribution in [2.45, 2.75) is 53.5 Å². The van der Waals surface area contributed by atoms with Crippen molar-refractivity contribution < 1.29 is 9.59 Å². The summed E-state index contributed by atoms with van der Waals surface area (Å²) in [6, 6.07) is 2.04. The maximum Gasteiger partial charge on any atom is 0.252 e. The van der Waals surface area contributed by atoms with Gasteiger partial charge in [-0.25, -0.2) is 0 Å². The Labute approximate surface area is 132 Å². The highest BCUT2D eigenvalue weighted by atomic mass is 16.2. The maximum atomic E-state index is 12.7. The van der Waals surface area contributed by atoms with Gasteiger partial charge in [0.15, 0.2) is 0 Å². The minimum atomic E-state index is -0.0776. The highest BCUT2D eigenvalue weighted by Crippen LogP contribution is 2.22. The summed E-state index contributed by atoms with van der Waals surface area (Å²) in [4.78, 5) is 26.4. The number of carbonyl (C=O) groups is 2. The van der Waals surface area contributed by atoms with Gasteiger partial charge in [0.05, 0.1) is 6.04 Å². The normalized spacial score (nSPS) is 18.0. The highest BCUT2D eigenvalue weighted by Gasteiger charge is 2.30. The smallest absolute Gasteiger partial charge is 0.252 e. The summed E-state index contributed by atoms with van der Waals surface area (Å²) in [7, 11) is 0. The zero-order chi connectivity index (χ0) is 16.4. The summed E-state index contributed by atoms with van der Waals surface area (Å²) in [6.07, 6.45) is 1.36. The molecule has 120 valence electrons. The summed E-state index contributed by atoms with van der Waals surface area (Å²) in [5, 5.41) is 3.05. The molecule has 0 saturated carbocycles. The molecule has 0 bridgehead atoms. The van der Waals surface area contributed by atoms with Crippen molar-refractivity contribution >= 4 is 11.8 Å². The average molecular weight is 302 g/mol. The Bertz CT molecular complexity index is 581. The first-order chi connectivity index (χ1) is 10.3. The molecule has 2 rings (SSSR count).